The highest BCUT2D eigenvalue weighted by Gasteiger charge is 2.12. The predicted octanol–water partition coefficient (Wildman–Crippen LogP) is 2.01. The van der Waals surface area contributed by atoms with E-state index in [0.29, 0.717) is 22.5 Å². The van der Waals surface area contributed by atoms with E-state index >= 15 is 0 Å². The lowest BCUT2D eigenvalue weighted by molar-refractivity contribution is 0.582. The van der Waals surface area contributed by atoms with Gasteiger partial charge in [0, 0.05) is 17.5 Å². The Morgan fingerprint density at radius 3 is 2.71 bits per heavy atom. The first-order valence-electron chi connectivity index (χ1n) is 6.62. The van der Waals surface area contributed by atoms with Crippen molar-refractivity contribution in [3.8, 4) is 11.3 Å². The van der Waals surface area contributed by atoms with Crippen molar-refractivity contribution in [3.63, 3.8) is 0 Å². The SMILES string of the molecule is CCS(=O)(=O)CCn1cc(N)c(-c2ccc(C)c(F)c2)n1. The normalized spacial score (nSPS) is 11.8. The number of halogens is 1. The van der Waals surface area contributed by atoms with Crippen molar-refractivity contribution in [1.29, 1.82) is 0 Å². The number of nitrogen functional groups attached to an aromatic ring is 1. The van der Waals surface area contributed by atoms with E-state index in [0.717, 1.165) is 0 Å². The monoisotopic (exact) mass is 311 g/mol. The second-order valence-electron chi connectivity index (χ2n) is 4.90. The molecule has 1 heterocycles. The molecule has 0 radical (unpaired) electrons. The summed E-state index contributed by atoms with van der Waals surface area (Å²) >= 11 is 0. The number of hydrogen-bond donors (Lipinski definition) is 1. The molecule has 5 nitrogen and oxygen atoms in total. The smallest absolute Gasteiger partial charge is 0.151 e. The third-order valence-electron chi connectivity index (χ3n) is 3.31. The maximum Gasteiger partial charge on any atom is 0.151 e. The number of aryl methyl sites for hydroxylation is 2. The summed E-state index contributed by atoms with van der Waals surface area (Å²) < 4.78 is 38.1. The van der Waals surface area contributed by atoms with Crippen LogP contribution in [0.4, 0.5) is 10.1 Å². The minimum absolute atomic E-state index is 0.00627. The third kappa shape index (κ3) is 3.60. The first-order chi connectivity index (χ1) is 9.82. The fraction of sp³-hybridized carbons (Fsp3) is 0.357. The van der Waals surface area contributed by atoms with Crippen molar-refractivity contribution in [2.45, 2.75) is 20.4 Å². The van der Waals surface area contributed by atoms with Gasteiger partial charge in [-0.2, -0.15) is 5.10 Å². The molecule has 0 aliphatic rings. The van der Waals surface area contributed by atoms with Gasteiger partial charge in [0.1, 0.15) is 11.5 Å². The molecule has 0 aliphatic heterocycles. The molecule has 0 spiro atoms. The first kappa shape index (κ1) is 15.5. The van der Waals surface area contributed by atoms with Gasteiger partial charge in [-0.3, -0.25) is 4.68 Å². The Morgan fingerprint density at radius 1 is 1.38 bits per heavy atom. The Labute approximate surface area is 123 Å². The second-order valence-corrected chi connectivity index (χ2v) is 7.37. The van der Waals surface area contributed by atoms with Crippen LogP contribution in [0.5, 0.6) is 0 Å². The number of hydrogen-bond acceptors (Lipinski definition) is 4. The number of nitrogens with two attached hydrogens (primary N) is 1. The largest absolute Gasteiger partial charge is 0.396 e. The van der Waals surface area contributed by atoms with E-state index in [1.165, 1.54) is 10.7 Å². The summed E-state index contributed by atoms with van der Waals surface area (Å²) in [6.45, 7) is 3.51. The van der Waals surface area contributed by atoms with Crippen LogP contribution in [0.3, 0.4) is 0 Å². The molecule has 2 rings (SSSR count). The van der Waals surface area contributed by atoms with Gasteiger partial charge in [0.2, 0.25) is 0 Å². The van der Waals surface area contributed by atoms with Gasteiger partial charge in [0.15, 0.2) is 9.84 Å². The van der Waals surface area contributed by atoms with Gasteiger partial charge >= 0.3 is 0 Å². The van der Waals surface area contributed by atoms with Crippen LogP contribution in [-0.4, -0.2) is 29.7 Å². The van der Waals surface area contributed by atoms with Crippen LogP contribution in [0.2, 0.25) is 0 Å². The van der Waals surface area contributed by atoms with Gasteiger partial charge < -0.3 is 5.73 Å². The van der Waals surface area contributed by atoms with Crippen LogP contribution in [0, 0.1) is 12.7 Å². The highest BCUT2D eigenvalue weighted by molar-refractivity contribution is 7.91. The van der Waals surface area contributed by atoms with Crippen molar-refractivity contribution in [2.24, 2.45) is 0 Å². The number of anilines is 1. The van der Waals surface area contributed by atoms with E-state index in [4.69, 9.17) is 5.73 Å². The van der Waals surface area contributed by atoms with Crippen LogP contribution < -0.4 is 5.73 Å². The summed E-state index contributed by atoms with van der Waals surface area (Å²) in [5, 5.41) is 4.25. The topological polar surface area (TPSA) is 78.0 Å². The molecule has 2 N–H and O–H groups in total. The van der Waals surface area contributed by atoms with Crippen molar-refractivity contribution in [1.82, 2.24) is 9.78 Å². The van der Waals surface area contributed by atoms with E-state index in [1.807, 2.05) is 0 Å². The number of nitrogens with zero attached hydrogens (tertiary/aromatic N) is 2. The van der Waals surface area contributed by atoms with Gasteiger partial charge in [-0.25, -0.2) is 12.8 Å². The zero-order valence-electron chi connectivity index (χ0n) is 12.0. The Morgan fingerprint density at radius 2 is 2.10 bits per heavy atom. The number of benzene rings is 1. The van der Waals surface area contributed by atoms with Gasteiger partial charge in [0.05, 0.1) is 18.0 Å². The lowest BCUT2D eigenvalue weighted by atomic mass is 10.1. The van der Waals surface area contributed by atoms with E-state index < -0.39 is 9.84 Å². The number of aromatic nitrogens is 2. The number of sulfone groups is 1. The van der Waals surface area contributed by atoms with Gasteiger partial charge in [0.25, 0.3) is 0 Å². The molecule has 2 aromatic rings. The van der Waals surface area contributed by atoms with Gasteiger partial charge in [-0.15, -0.1) is 0 Å². The van der Waals surface area contributed by atoms with E-state index in [-0.39, 0.29) is 23.9 Å². The summed E-state index contributed by atoms with van der Waals surface area (Å²) in [7, 11) is -3.06. The molecular weight excluding hydrogens is 293 g/mol. The maximum atomic E-state index is 13.6. The molecule has 0 saturated carbocycles. The van der Waals surface area contributed by atoms with E-state index in [2.05, 4.69) is 5.10 Å². The molecule has 114 valence electrons. The third-order valence-corrected chi connectivity index (χ3v) is 4.99. The molecular formula is C14H18FN3O2S. The van der Waals surface area contributed by atoms with E-state index in [9.17, 15) is 12.8 Å². The fourth-order valence-corrected chi connectivity index (χ4v) is 2.65. The molecule has 1 aromatic heterocycles. The average molecular weight is 311 g/mol. The van der Waals surface area contributed by atoms with Crippen LogP contribution in [-0.2, 0) is 16.4 Å². The van der Waals surface area contributed by atoms with Crippen LogP contribution >= 0.6 is 0 Å². The summed E-state index contributed by atoms with van der Waals surface area (Å²) in [4.78, 5) is 0. The standard InChI is InChI=1S/C14H18FN3O2S/c1-3-21(19,20)7-6-18-9-13(16)14(17-18)11-5-4-10(2)12(15)8-11/h4-5,8-9H,3,6-7,16H2,1-2H3. The molecule has 0 atom stereocenters. The quantitative estimate of drug-likeness (QED) is 0.916. The zero-order chi connectivity index (χ0) is 15.6. The molecule has 0 saturated heterocycles. The summed E-state index contributed by atoms with van der Waals surface area (Å²) in [6.07, 6.45) is 1.57. The summed E-state index contributed by atoms with van der Waals surface area (Å²) in [6, 6.07) is 4.77. The van der Waals surface area contributed by atoms with Crippen molar-refractivity contribution in [3.05, 3.63) is 35.8 Å². The lowest BCUT2D eigenvalue weighted by Gasteiger charge is -2.02. The Hall–Kier alpha value is -1.89. The summed E-state index contributed by atoms with van der Waals surface area (Å²) in [5.74, 6) is -0.221. The lowest BCUT2D eigenvalue weighted by Crippen LogP contribution is -2.14. The molecule has 0 fully saturated rings. The molecule has 0 unspecified atom stereocenters. The minimum atomic E-state index is -3.06. The zero-order valence-corrected chi connectivity index (χ0v) is 12.8. The maximum absolute atomic E-state index is 13.6. The van der Waals surface area contributed by atoms with Gasteiger partial charge in [-0.05, 0) is 18.6 Å². The fourth-order valence-electron chi connectivity index (χ4n) is 1.89. The molecule has 21 heavy (non-hydrogen) atoms. The Kier molecular flexibility index (Phi) is 4.32. The Bertz CT molecular complexity index is 754. The van der Waals surface area contributed by atoms with Crippen LogP contribution in [0.15, 0.2) is 24.4 Å². The van der Waals surface area contributed by atoms with Gasteiger partial charge in [-0.1, -0.05) is 19.1 Å². The van der Waals surface area contributed by atoms with Crippen molar-refractivity contribution < 1.29 is 12.8 Å². The Balaban J connectivity index is 2.25. The summed E-state index contributed by atoms with van der Waals surface area (Å²) in [5.41, 5.74) is 7.86. The minimum Gasteiger partial charge on any atom is -0.396 e. The van der Waals surface area contributed by atoms with E-state index in [1.54, 1.807) is 32.2 Å². The molecule has 0 amide bonds. The molecule has 0 bridgehead atoms. The first-order valence-corrected chi connectivity index (χ1v) is 8.44. The molecule has 1 aromatic carbocycles. The molecule has 0 aliphatic carbocycles. The highest BCUT2D eigenvalue weighted by Crippen LogP contribution is 2.25. The van der Waals surface area contributed by atoms with Crippen LogP contribution in [0.1, 0.15) is 12.5 Å². The molecule has 7 heteroatoms. The van der Waals surface area contributed by atoms with Crippen molar-refractivity contribution in [2.75, 3.05) is 17.2 Å². The highest BCUT2D eigenvalue weighted by atomic mass is 32.2. The van der Waals surface area contributed by atoms with Crippen molar-refractivity contribution >= 4 is 15.5 Å². The van der Waals surface area contributed by atoms with Crippen LogP contribution in [0.25, 0.3) is 11.3 Å². The second kappa shape index (κ2) is 5.85. The predicted molar refractivity (Wildman–Crippen MR) is 81.1 cm³/mol. The average Bonchev–Trinajstić information content (AvgIpc) is 2.81. The number of rotatable bonds is 5.